The summed E-state index contributed by atoms with van der Waals surface area (Å²) in [5.41, 5.74) is 1.76. The minimum Gasteiger partial charge on any atom is -0.363 e. The van der Waals surface area contributed by atoms with E-state index in [-0.39, 0.29) is 18.1 Å². The van der Waals surface area contributed by atoms with Crippen LogP contribution < -0.4 is 10.6 Å². The summed E-state index contributed by atoms with van der Waals surface area (Å²) >= 11 is 0. The van der Waals surface area contributed by atoms with Crippen molar-refractivity contribution in [3.8, 4) is 0 Å². The normalized spacial score (nSPS) is 16.8. The van der Waals surface area contributed by atoms with Gasteiger partial charge in [-0.1, -0.05) is 18.2 Å². The van der Waals surface area contributed by atoms with E-state index in [1.54, 1.807) is 0 Å². The van der Waals surface area contributed by atoms with Crippen molar-refractivity contribution in [2.45, 2.75) is 19.1 Å². The first-order valence-electron chi connectivity index (χ1n) is 6.86. The van der Waals surface area contributed by atoms with Crippen LogP contribution in [-0.2, 0) is 16.1 Å². The molecule has 1 aromatic carbocycles. The van der Waals surface area contributed by atoms with Crippen LogP contribution in [-0.4, -0.2) is 50.2 Å². The molecule has 0 aliphatic carbocycles. The molecule has 2 N–H and O–H groups in total. The highest BCUT2D eigenvalue weighted by Gasteiger charge is 2.33. The molecule has 20 heavy (non-hydrogen) atoms. The molecule has 0 radical (unpaired) electrons. The standard InChI is InChI=1S/C15H23N3O2/c1-15(10-16-11-15)20-9-14(19)17-13-7-5-4-6-12(13)8-18(2)3/h4-7,16H,8-11H2,1-3H3,(H,17,19). The van der Waals surface area contributed by atoms with E-state index in [1.165, 1.54) is 0 Å². The summed E-state index contributed by atoms with van der Waals surface area (Å²) in [6, 6.07) is 7.84. The molecule has 0 atom stereocenters. The predicted molar refractivity (Wildman–Crippen MR) is 79.7 cm³/mol. The summed E-state index contributed by atoms with van der Waals surface area (Å²) in [4.78, 5) is 14.0. The Hall–Kier alpha value is -1.43. The number of carbonyl (C=O) groups excluding carboxylic acids is 1. The van der Waals surface area contributed by atoms with Gasteiger partial charge in [-0.3, -0.25) is 4.79 Å². The van der Waals surface area contributed by atoms with Crippen LogP contribution in [0.5, 0.6) is 0 Å². The second kappa shape index (κ2) is 6.35. The summed E-state index contributed by atoms with van der Waals surface area (Å²) < 4.78 is 5.64. The van der Waals surface area contributed by atoms with E-state index < -0.39 is 0 Å². The smallest absolute Gasteiger partial charge is 0.250 e. The van der Waals surface area contributed by atoms with Gasteiger partial charge in [-0.25, -0.2) is 0 Å². The largest absolute Gasteiger partial charge is 0.363 e. The molecule has 0 saturated carbocycles. The van der Waals surface area contributed by atoms with Crippen LogP contribution in [0.1, 0.15) is 12.5 Å². The third-order valence-corrected chi connectivity index (χ3v) is 3.33. The first-order chi connectivity index (χ1) is 9.48. The zero-order valence-corrected chi connectivity index (χ0v) is 12.4. The van der Waals surface area contributed by atoms with Gasteiger partial charge in [-0.15, -0.1) is 0 Å². The van der Waals surface area contributed by atoms with Crippen molar-refractivity contribution in [2.24, 2.45) is 0 Å². The number of ether oxygens (including phenoxy) is 1. The maximum absolute atomic E-state index is 12.0. The first kappa shape index (κ1) is 15.0. The maximum Gasteiger partial charge on any atom is 0.250 e. The molecule has 5 heteroatoms. The van der Waals surface area contributed by atoms with Crippen molar-refractivity contribution >= 4 is 11.6 Å². The molecule has 0 aromatic heterocycles. The Kier molecular flexibility index (Phi) is 4.75. The van der Waals surface area contributed by atoms with Crippen molar-refractivity contribution < 1.29 is 9.53 Å². The van der Waals surface area contributed by atoms with Crippen molar-refractivity contribution in [1.29, 1.82) is 0 Å². The fourth-order valence-corrected chi connectivity index (χ4v) is 2.13. The van der Waals surface area contributed by atoms with Crippen LogP contribution in [0, 0.1) is 0 Å². The Morgan fingerprint density at radius 2 is 2.10 bits per heavy atom. The van der Waals surface area contributed by atoms with Gasteiger partial charge in [-0.2, -0.15) is 0 Å². The van der Waals surface area contributed by atoms with Gasteiger partial charge in [0.25, 0.3) is 0 Å². The van der Waals surface area contributed by atoms with Gasteiger partial charge in [0.2, 0.25) is 5.91 Å². The molecule has 1 aromatic rings. The number of nitrogens with one attached hydrogen (secondary N) is 2. The van der Waals surface area contributed by atoms with E-state index in [1.807, 2.05) is 45.3 Å². The molecular formula is C15H23N3O2. The Bertz CT molecular complexity index is 470. The van der Waals surface area contributed by atoms with Crippen molar-refractivity contribution in [1.82, 2.24) is 10.2 Å². The van der Waals surface area contributed by atoms with Gasteiger partial charge in [0.05, 0.1) is 5.60 Å². The van der Waals surface area contributed by atoms with E-state index in [4.69, 9.17) is 4.74 Å². The average Bonchev–Trinajstić information content (AvgIpc) is 2.36. The Morgan fingerprint density at radius 3 is 2.70 bits per heavy atom. The summed E-state index contributed by atoms with van der Waals surface area (Å²) in [7, 11) is 4.01. The summed E-state index contributed by atoms with van der Waals surface area (Å²) in [5, 5.41) is 6.07. The zero-order valence-electron chi connectivity index (χ0n) is 12.4. The SMILES string of the molecule is CN(C)Cc1ccccc1NC(=O)COC1(C)CNC1. The highest BCUT2D eigenvalue weighted by Crippen LogP contribution is 2.18. The van der Waals surface area contributed by atoms with Crippen LogP contribution in [0.4, 0.5) is 5.69 Å². The van der Waals surface area contributed by atoms with Gasteiger partial charge in [0.1, 0.15) is 6.61 Å². The van der Waals surface area contributed by atoms with E-state index >= 15 is 0 Å². The van der Waals surface area contributed by atoms with Gasteiger partial charge >= 0.3 is 0 Å². The number of para-hydroxylation sites is 1. The predicted octanol–water partition coefficient (Wildman–Crippen LogP) is 1.07. The van der Waals surface area contributed by atoms with Crippen LogP contribution in [0.15, 0.2) is 24.3 Å². The molecule has 1 aliphatic heterocycles. The van der Waals surface area contributed by atoms with E-state index in [0.717, 1.165) is 30.9 Å². The lowest BCUT2D eigenvalue weighted by Gasteiger charge is -2.38. The Labute approximate surface area is 120 Å². The topological polar surface area (TPSA) is 53.6 Å². The van der Waals surface area contributed by atoms with E-state index in [0.29, 0.717) is 0 Å². The second-order valence-electron chi connectivity index (χ2n) is 5.79. The molecule has 1 fully saturated rings. The molecule has 110 valence electrons. The summed E-state index contributed by atoms with van der Waals surface area (Å²) in [6.45, 7) is 4.50. The van der Waals surface area contributed by atoms with Gasteiger partial charge < -0.3 is 20.3 Å². The number of hydrogen-bond donors (Lipinski definition) is 2. The molecule has 1 amide bonds. The number of hydrogen-bond acceptors (Lipinski definition) is 4. The monoisotopic (exact) mass is 277 g/mol. The lowest BCUT2D eigenvalue weighted by molar-refractivity contribution is -0.130. The minimum atomic E-state index is -0.194. The number of anilines is 1. The lowest BCUT2D eigenvalue weighted by atomic mass is 10.0. The average molecular weight is 277 g/mol. The fraction of sp³-hybridized carbons (Fsp3) is 0.533. The third-order valence-electron chi connectivity index (χ3n) is 3.33. The molecule has 5 nitrogen and oxygen atoms in total. The number of rotatable bonds is 6. The van der Waals surface area contributed by atoms with Crippen molar-refractivity contribution in [3.63, 3.8) is 0 Å². The van der Waals surface area contributed by atoms with Crippen molar-refractivity contribution in [3.05, 3.63) is 29.8 Å². The van der Waals surface area contributed by atoms with Crippen LogP contribution in [0.25, 0.3) is 0 Å². The van der Waals surface area contributed by atoms with Crippen LogP contribution >= 0.6 is 0 Å². The van der Waals surface area contributed by atoms with Crippen LogP contribution in [0.3, 0.4) is 0 Å². The van der Waals surface area contributed by atoms with Crippen molar-refractivity contribution in [2.75, 3.05) is 39.1 Å². The Morgan fingerprint density at radius 1 is 1.40 bits per heavy atom. The fourth-order valence-electron chi connectivity index (χ4n) is 2.13. The molecule has 1 heterocycles. The lowest BCUT2D eigenvalue weighted by Crippen LogP contribution is -2.59. The minimum absolute atomic E-state index is 0.0917. The van der Waals surface area contributed by atoms with Gasteiger partial charge in [0, 0.05) is 25.3 Å². The number of nitrogens with zero attached hydrogens (tertiary/aromatic N) is 1. The van der Waals surface area contributed by atoms with E-state index in [9.17, 15) is 4.79 Å². The zero-order chi connectivity index (χ0) is 14.6. The molecule has 0 bridgehead atoms. The number of carbonyl (C=O) groups is 1. The van der Waals surface area contributed by atoms with Gasteiger partial charge in [-0.05, 0) is 32.6 Å². The number of benzene rings is 1. The van der Waals surface area contributed by atoms with Crippen LogP contribution in [0.2, 0.25) is 0 Å². The second-order valence-corrected chi connectivity index (χ2v) is 5.79. The summed E-state index contributed by atoms with van der Waals surface area (Å²) in [5.74, 6) is -0.107. The highest BCUT2D eigenvalue weighted by atomic mass is 16.5. The third kappa shape index (κ3) is 4.03. The molecular weight excluding hydrogens is 254 g/mol. The quantitative estimate of drug-likeness (QED) is 0.816. The molecule has 2 rings (SSSR count). The van der Waals surface area contributed by atoms with Gasteiger partial charge in [0.15, 0.2) is 0 Å². The summed E-state index contributed by atoms with van der Waals surface area (Å²) in [6.07, 6.45) is 0. The first-order valence-corrected chi connectivity index (χ1v) is 6.86. The molecule has 0 unspecified atom stereocenters. The number of amides is 1. The molecule has 0 spiro atoms. The Balaban J connectivity index is 1.90. The maximum atomic E-state index is 12.0. The molecule has 1 saturated heterocycles. The molecule has 1 aliphatic rings. The highest BCUT2D eigenvalue weighted by molar-refractivity contribution is 5.92. The van der Waals surface area contributed by atoms with E-state index in [2.05, 4.69) is 15.5 Å².